The van der Waals surface area contributed by atoms with Crippen molar-refractivity contribution < 1.29 is 13.9 Å². The molecule has 17 heavy (non-hydrogen) atoms. The third-order valence-electron chi connectivity index (χ3n) is 2.37. The SMILES string of the molecule is CCOC(=O)C(F)[C@@H](N)c1ccccc1C.Cl. The highest BCUT2D eigenvalue weighted by atomic mass is 35.5. The predicted octanol–water partition coefficient (Wildman–Crippen LogP) is 2.32. The summed E-state index contributed by atoms with van der Waals surface area (Å²) in [6, 6.07) is 6.17. The standard InChI is InChI=1S/C12H16FNO2.ClH/c1-3-16-12(15)10(13)11(14)9-7-5-4-6-8(9)2;/h4-7,10-11H,3,14H2,1-2H3;1H/t10?,11-;/m0./s1. The second-order valence-electron chi connectivity index (χ2n) is 3.54. The quantitative estimate of drug-likeness (QED) is 0.847. The van der Waals surface area contributed by atoms with Crippen LogP contribution in [0.2, 0.25) is 0 Å². The summed E-state index contributed by atoms with van der Waals surface area (Å²) < 4.78 is 18.2. The number of ether oxygens (including phenoxy) is 1. The van der Waals surface area contributed by atoms with Crippen molar-refractivity contribution in [3.8, 4) is 0 Å². The zero-order valence-corrected chi connectivity index (χ0v) is 10.7. The summed E-state index contributed by atoms with van der Waals surface area (Å²) in [6.07, 6.45) is -1.82. The van der Waals surface area contributed by atoms with Crippen LogP contribution in [0.15, 0.2) is 24.3 Å². The number of nitrogens with two attached hydrogens (primary N) is 1. The number of hydrogen-bond donors (Lipinski definition) is 1. The van der Waals surface area contributed by atoms with E-state index in [1.165, 1.54) is 0 Å². The molecule has 0 bridgehead atoms. The van der Waals surface area contributed by atoms with Crippen molar-refractivity contribution in [1.82, 2.24) is 0 Å². The van der Waals surface area contributed by atoms with Crippen molar-refractivity contribution in [3.63, 3.8) is 0 Å². The topological polar surface area (TPSA) is 52.3 Å². The van der Waals surface area contributed by atoms with Crippen LogP contribution in [0.3, 0.4) is 0 Å². The summed E-state index contributed by atoms with van der Waals surface area (Å²) in [5.41, 5.74) is 7.19. The van der Waals surface area contributed by atoms with Crippen LogP contribution in [0.25, 0.3) is 0 Å². The molecule has 0 saturated carbocycles. The largest absolute Gasteiger partial charge is 0.464 e. The fraction of sp³-hybridized carbons (Fsp3) is 0.417. The number of alkyl halides is 1. The molecule has 0 spiro atoms. The van der Waals surface area contributed by atoms with Crippen LogP contribution in [-0.2, 0) is 9.53 Å². The number of halogens is 2. The first-order valence-electron chi connectivity index (χ1n) is 5.19. The molecular formula is C12H17ClFNO2. The minimum absolute atomic E-state index is 0. The van der Waals surface area contributed by atoms with Gasteiger partial charge in [0.05, 0.1) is 12.6 Å². The molecule has 1 unspecified atom stereocenters. The predicted molar refractivity (Wildman–Crippen MR) is 66.9 cm³/mol. The summed E-state index contributed by atoms with van der Waals surface area (Å²) >= 11 is 0. The van der Waals surface area contributed by atoms with Crippen molar-refractivity contribution in [2.45, 2.75) is 26.1 Å². The van der Waals surface area contributed by atoms with Gasteiger partial charge in [-0.15, -0.1) is 12.4 Å². The van der Waals surface area contributed by atoms with E-state index in [0.717, 1.165) is 5.56 Å². The average Bonchev–Trinajstić information content (AvgIpc) is 2.28. The van der Waals surface area contributed by atoms with Crippen molar-refractivity contribution in [2.24, 2.45) is 5.73 Å². The van der Waals surface area contributed by atoms with Gasteiger partial charge < -0.3 is 10.5 Å². The number of rotatable bonds is 4. The Bertz CT molecular complexity index is 373. The molecule has 1 rings (SSSR count). The lowest BCUT2D eigenvalue weighted by molar-refractivity contribution is -0.149. The maximum Gasteiger partial charge on any atom is 0.342 e. The number of esters is 1. The number of aryl methyl sites for hydroxylation is 1. The first kappa shape index (κ1) is 15.9. The van der Waals surface area contributed by atoms with Gasteiger partial charge in [0.1, 0.15) is 0 Å². The van der Waals surface area contributed by atoms with Crippen molar-refractivity contribution >= 4 is 18.4 Å². The fourth-order valence-electron chi connectivity index (χ4n) is 1.49. The van der Waals surface area contributed by atoms with E-state index in [0.29, 0.717) is 5.56 Å². The summed E-state index contributed by atoms with van der Waals surface area (Å²) in [7, 11) is 0. The highest BCUT2D eigenvalue weighted by Gasteiger charge is 2.28. The van der Waals surface area contributed by atoms with E-state index < -0.39 is 18.2 Å². The lowest BCUT2D eigenvalue weighted by atomic mass is 9.98. The zero-order valence-electron chi connectivity index (χ0n) is 9.85. The molecule has 1 aromatic carbocycles. The monoisotopic (exact) mass is 261 g/mol. The summed E-state index contributed by atoms with van der Waals surface area (Å²) in [5.74, 6) is -0.904. The molecule has 0 aliphatic rings. The van der Waals surface area contributed by atoms with Gasteiger partial charge in [0.25, 0.3) is 0 Å². The van der Waals surface area contributed by atoms with Crippen LogP contribution in [-0.4, -0.2) is 18.7 Å². The van der Waals surface area contributed by atoms with Gasteiger partial charge in [0.2, 0.25) is 6.17 Å². The van der Waals surface area contributed by atoms with Gasteiger partial charge in [-0.25, -0.2) is 9.18 Å². The molecule has 0 amide bonds. The first-order valence-corrected chi connectivity index (χ1v) is 5.19. The minimum atomic E-state index is -1.82. The van der Waals surface area contributed by atoms with Crippen LogP contribution in [0.4, 0.5) is 4.39 Å². The second kappa shape index (κ2) is 7.25. The first-order chi connectivity index (χ1) is 7.57. The van der Waals surface area contributed by atoms with Crippen LogP contribution >= 0.6 is 12.4 Å². The lowest BCUT2D eigenvalue weighted by Crippen LogP contribution is -2.32. The van der Waals surface area contributed by atoms with Gasteiger partial charge in [-0.3, -0.25) is 0 Å². The van der Waals surface area contributed by atoms with Crippen LogP contribution in [0.1, 0.15) is 24.1 Å². The Kier molecular flexibility index (Phi) is 6.76. The van der Waals surface area contributed by atoms with E-state index in [9.17, 15) is 9.18 Å². The average molecular weight is 262 g/mol. The molecule has 5 heteroatoms. The van der Waals surface area contributed by atoms with Gasteiger partial charge in [-0.05, 0) is 25.0 Å². The highest BCUT2D eigenvalue weighted by molar-refractivity contribution is 5.85. The molecule has 96 valence electrons. The summed E-state index contributed by atoms with van der Waals surface area (Å²) in [5, 5.41) is 0. The molecule has 0 fully saturated rings. The molecule has 1 aromatic rings. The van der Waals surface area contributed by atoms with Gasteiger partial charge in [-0.1, -0.05) is 24.3 Å². The van der Waals surface area contributed by atoms with Crippen molar-refractivity contribution in [3.05, 3.63) is 35.4 Å². The van der Waals surface area contributed by atoms with E-state index in [4.69, 9.17) is 5.73 Å². The van der Waals surface area contributed by atoms with Gasteiger partial charge >= 0.3 is 5.97 Å². The molecule has 3 nitrogen and oxygen atoms in total. The highest BCUT2D eigenvalue weighted by Crippen LogP contribution is 2.21. The lowest BCUT2D eigenvalue weighted by Gasteiger charge is -2.17. The Balaban J connectivity index is 0.00000256. The van der Waals surface area contributed by atoms with Gasteiger partial charge in [0.15, 0.2) is 0 Å². The molecule has 0 aliphatic carbocycles. The van der Waals surface area contributed by atoms with E-state index in [2.05, 4.69) is 4.74 Å². The van der Waals surface area contributed by atoms with Crippen molar-refractivity contribution in [2.75, 3.05) is 6.61 Å². The Morgan fingerprint density at radius 2 is 2.06 bits per heavy atom. The Morgan fingerprint density at radius 3 is 2.59 bits per heavy atom. The third kappa shape index (κ3) is 3.98. The smallest absolute Gasteiger partial charge is 0.342 e. The number of carbonyl (C=O) groups is 1. The Morgan fingerprint density at radius 1 is 1.47 bits per heavy atom. The van der Waals surface area contributed by atoms with E-state index >= 15 is 0 Å². The maximum atomic E-state index is 13.6. The molecular weight excluding hydrogens is 245 g/mol. The van der Waals surface area contributed by atoms with E-state index in [1.807, 2.05) is 19.1 Å². The van der Waals surface area contributed by atoms with Crippen molar-refractivity contribution in [1.29, 1.82) is 0 Å². The molecule has 0 heterocycles. The number of hydrogen-bond acceptors (Lipinski definition) is 3. The minimum Gasteiger partial charge on any atom is -0.464 e. The van der Waals surface area contributed by atoms with Gasteiger partial charge in [0, 0.05) is 0 Å². The second-order valence-corrected chi connectivity index (χ2v) is 3.54. The van der Waals surface area contributed by atoms with Crippen LogP contribution < -0.4 is 5.73 Å². The number of benzene rings is 1. The van der Waals surface area contributed by atoms with Crippen LogP contribution in [0, 0.1) is 6.92 Å². The third-order valence-corrected chi connectivity index (χ3v) is 2.37. The number of carbonyl (C=O) groups excluding carboxylic acids is 1. The van der Waals surface area contributed by atoms with E-state index in [1.54, 1.807) is 19.1 Å². The summed E-state index contributed by atoms with van der Waals surface area (Å²) in [4.78, 5) is 11.2. The normalized spacial score (nSPS) is 13.4. The Hall–Kier alpha value is -1.13. The molecule has 2 atom stereocenters. The molecule has 0 radical (unpaired) electrons. The fourth-order valence-corrected chi connectivity index (χ4v) is 1.49. The van der Waals surface area contributed by atoms with Gasteiger partial charge in [-0.2, -0.15) is 0 Å². The van der Waals surface area contributed by atoms with E-state index in [-0.39, 0.29) is 19.0 Å². The Labute approximate surface area is 107 Å². The molecule has 2 N–H and O–H groups in total. The maximum absolute atomic E-state index is 13.6. The zero-order chi connectivity index (χ0) is 12.1. The van der Waals surface area contributed by atoms with Crippen LogP contribution in [0.5, 0.6) is 0 Å². The molecule has 0 aromatic heterocycles. The molecule has 0 saturated heterocycles. The molecule has 0 aliphatic heterocycles. The summed E-state index contributed by atoms with van der Waals surface area (Å²) in [6.45, 7) is 3.61.